The van der Waals surface area contributed by atoms with Gasteiger partial charge in [-0.1, -0.05) is 48.0 Å². The molecule has 1 aliphatic heterocycles. The van der Waals surface area contributed by atoms with Gasteiger partial charge in [-0.2, -0.15) is 0 Å². The molecule has 2 atom stereocenters. The molecule has 0 amide bonds. The molecule has 0 aromatic heterocycles. The smallest absolute Gasteiger partial charge is 0.0107 e. The molecule has 1 nitrogen and oxygen atoms in total. The van der Waals surface area contributed by atoms with Crippen molar-refractivity contribution in [3.63, 3.8) is 0 Å². The maximum Gasteiger partial charge on any atom is 0.0107 e. The van der Waals surface area contributed by atoms with Gasteiger partial charge in [0.25, 0.3) is 0 Å². The zero-order valence-corrected chi connectivity index (χ0v) is 12.7. The van der Waals surface area contributed by atoms with Crippen LogP contribution in [0.5, 0.6) is 0 Å². The van der Waals surface area contributed by atoms with E-state index in [2.05, 4.69) is 55.5 Å². The molecule has 0 bridgehead atoms. The number of hydrogen-bond acceptors (Lipinski definition) is 2. The van der Waals surface area contributed by atoms with Crippen LogP contribution >= 0.6 is 11.8 Å². The van der Waals surface area contributed by atoms with E-state index >= 15 is 0 Å². The Labute approximate surface area is 125 Å². The van der Waals surface area contributed by atoms with Gasteiger partial charge < -0.3 is 5.73 Å². The second kappa shape index (κ2) is 6.02. The zero-order chi connectivity index (χ0) is 13.9. The average Bonchev–Trinajstić information content (AvgIpc) is 2.88. The summed E-state index contributed by atoms with van der Waals surface area (Å²) in [6.07, 6.45) is 1.16. The third-order valence-electron chi connectivity index (χ3n) is 4.17. The molecule has 104 valence electrons. The van der Waals surface area contributed by atoms with Crippen molar-refractivity contribution in [2.75, 3.05) is 12.3 Å². The second-order valence-electron chi connectivity index (χ2n) is 5.63. The number of aryl methyl sites for hydroxylation is 1. The topological polar surface area (TPSA) is 26.0 Å². The van der Waals surface area contributed by atoms with Gasteiger partial charge in [0.15, 0.2) is 0 Å². The molecular weight excluding hydrogens is 262 g/mol. The number of benzene rings is 2. The molecule has 1 aliphatic rings. The largest absolute Gasteiger partial charge is 0.330 e. The normalized spacial score (nSPS) is 18.8. The van der Waals surface area contributed by atoms with Crippen molar-refractivity contribution in [2.45, 2.75) is 30.1 Å². The number of rotatable bonds is 4. The molecule has 3 rings (SSSR count). The minimum atomic E-state index is 0.464. The van der Waals surface area contributed by atoms with Crippen molar-refractivity contribution in [1.29, 1.82) is 0 Å². The fraction of sp³-hybridized carbons (Fsp3) is 0.333. The lowest BCUT2D eigenvalue weighted by Gasteiger charge is -2.20. The lowest BCUT2D eigenvalue weighted by atomic mass is 9.86. The summed E-state index contributed by atoms with van der Waals surface area (Å²) in [5, 5.41) is 0. The molecule has 0 fully saturated rings. The third kappa shape index (κ3) is 2.77. The summed E-state index contributed by atoms with van der Waals surface area (Å²) in [7, 11) is 0. The molecule has 2 aromatic carbocycles. The number of nitrogens with two attached hydrogens (primary N) is 1. The van der Waals surface area contributed by atoms with Crippen molar-refractivity contribution >= 4 is 11.8 Å². The Morgan fingerprint density at radius 2 is 2.05 bits per heavy atom. The molecule has 0 saturated carbocycles. The Hall–Kier alpha value is -1.25. The van der Waals surface area contributed by atoms with Crippen molar-refractivity contribution in [2.24, 2.45) is 5.73 Å². The maximum atomic E-state index is 6.05. The van der Waals surface area contributed by atoms with E-state index in [0.717, 1.165) is 13.0 Å². The maximum absolute atomic E-state index is 6.05. The highest BCUT2D eigenvalue weighted by Gasteiger charge is 2.25. The monoisotopic (exact) mass is 283 g/mol. The number of hydrogen-bond donors (Lipinski definition) is 1. The van der Waals surface area contributed by atoms with Crippen LogP contribution in [0.2, 0.25) is 0 Å². The first-order valence-corrected chi connectivity index (χ1v) is 8.25. The minimum absolute atomic E-state index is 0.464. The summed E-state index contributed by atoms with van der Waals surface area (Å²) in [6, 6.07) is 17.6. The molecule has 2 heteroatoms. The fourth-order valence-corrected chi connectivity index (χ4v) is 4.33. The Kier molecular flexibility index (Phi) is 4.13. The van der Waals surface area contributed by atoms with Crippen LogP contribution in [-0.4, -0.2) is 12.3 Å². The van der Waals surface area contributed by atoms with Gasteiger partial charge in [-0.25, -0.2) is 0 Å². The molecule has 0 saturated heterocycles. The summed E-state index contributed by atoms with van der Waals surface area (Å²) in [5.74, 6) is 2.30. The van der Waals surface area contributed by atoms with Gasteiger partial charge in [0.1, 0.15) is 0 Å². The van der Waals surface area contributed by atoms with E-state index < -0.39 is 0 Å². The van der Waals surface area contributed by atoms with Gasteiger partial charge in [-0.05, 0) is 48.9 Å². The van der Waals surface area contributed by atoms with E-state index in [9.17, 15) is 0 Å². The van der Waals surface area contributed by atoms with Crippen LogP contribution in [0, 0.1) is 6.92 Å². The van der Waals surface area contributed by atoms with E-state index in [4.69, 9.17) is 5.73 Å². The Bertz CT molecular complexity index is 593. The summed E-state index contributed by atoms with van der Waals surface area (Å²) in [5.41, 5.74) is 10.3. The molecule has 2 aromatic rings. The molecule has 0 aliphatic carbocycles. The average molecular weight is 283 g/mol. The first-order chi connectivity index (χ1) is 9.78. The Morgan fingerprint density at radius 1 is 1.20 bits per heavy atom. The highest BCUT2D eigenvalue weighted by Crippen LogP contribution is 2.43. The van der Waals surface area contributed by atoms with E-state index in [1.54, 1.807) is 0 Å². The van der Waals surface area contributed by atoms with Gasteiger partial charge in [0.2, 0.25) is 0 Å². The van der Waals surface area contributed by atoms with Gasteiger partial charge >= 0.3 is 0 Å². The van der Waals surface area contributed by atoms with Gasteiger partial charge in [-0.3, -0.25) is 0 Å². The lowest BCUT2D eigenvalue weighted by molar-refractivity contribution is 0.570. The van der Waals surface area contributed by atoms with Crippen molar-refractivity contribution in [3.8, 4) is 0 Å². The van der Waals surface area contributed by atoms with E-state index in [1.807, 2.05) is 11.8 Å². The van der Waals surface area contributed by atoms with Crippen molar-refractivity contribution in [3.05, 3.63) is 65.2 Å². The van der Waals surface area contributed by atoms with Crippen LogP contribution in [0.4, 0.5) is 0 Å². The molecular formula is C18H21NS. The van der Waals surface area contributed by atoms with Crippen LogP contribution in [0.25, 0.3) is 0 Å². The summed E-state index contributed by atoms with van der Waals surface area (Å²) >= 11 is 1.99. The van der Waals surface area contributed by atoms with Crippen molar-refractivity contribution < 1.29 is 0 Å². The van der Waals surface area contributed by atoms with Crippen LogP contribution in [-0.2, 0) is 0 Å². The molecule has 2 unspecified atom stereocenters. The molecule has 0 spiro atoms. The lowest BCUT2D eigenvalue weighted by Crippen LogP contribution is -2.16. The number of fused-ring (bicyclic) bond motifs is 1. The quantitative estimate of drug-likeness (QED) is 0.904. The number of thioether (sulfide) groups is 1. The fourth-order valence-electron chi connectivity index (χ4n) is 3.06. The van der Waals surface area contributed by atoms with Crippen molar-refractivity contribution in [1.82, 2.24) is 0 Å². The molecule has 0 radical (unpaired) electrons. The highest BCUT2D eigenvalue weighted by atomic mass is 32.2. The molecule has 20 heavy (non-hydrogen) atoms. The highest BCUT2D eigenvalue weighted by molar-refractivity contribution is 7.99. The minimum Gasteiger partial charge on any atom is -0.330 e. The molecule has 2 N–H and O–H groups in total. The van der Waals surface area contributed by atoms with Crippen LogP contribution in [0.1, 0.15) is 34.9 Å². The predicted molar refractivity (Wildman–Crippen MR) is 87.5 cm³/mol. The Morgan fingerprint density at radius 3 is 2.85 bits per heavy atom. The SMILES string of the molecule is Cc1cccc(C(CN)CC2CSc3ccccc32)c1. The van der Waals surface area contributed by atoms with E-state index in [-0.39, 0.29) is 0 Å². The Balaban J connectivity index is 1.80. The van der Waals surface area contributed by atoms with E-state index in [1.165, 1.54) is 27.3 Å². The zero-order valence-electron chi connectivity index (χ0n) is 11.9. The van der Waals surface area contributed by atoms with Gasteiger partial charge in [-0.15, -0.1) is 11.8 Å². The first kappa shape index (κ1) is 13.7. The van der Waals surface area contributed by atoms with Crippen LogP contribution < -0.4 is 5.73 Å². The third-order valence-corrected chi connectivity index (χ3v) is 5.42. The van der Waals surface area contributed by atoms with Crippen LogP contribution in [0.3, 0.4) is 0 Å². The molecule has 1 heterocycles. The standard InChI is InChI=1S/C18H21NS/c1-13-5-4-6-14(9-13)15(11-19)10-16-12-20-18-8-3-2-7-17(16)18/h2-9,15-16H,10-12,19H2,1H3. The summed E-state index contributed by atoms with van der Waals surface area (Å²) in [6.45, 7) is 2.88. The second-order valence-corrected chi connectivity index (χ2v) is 6.69. The predicted octanol–water partition coefficient (Wildman–Crippen LogP) is 4.32. The van der Waals surface area contributed by atoms with E-state index in [0.29, 0.717) is 11.8 Å². The van der Waals surface area contributed by atoms with Gasteiger partial charge in [0, 0.05) is 10.6 Å². The summed E-state index contributed by atoms with van der Waals surface area (Å²) < 4.78 is 0. The van der Waals surface area contributed by atoms with Crippen LogP contribution in [0.15, 0.2) is 53.4 Å². The summed E-state index contributed by atoms with van der Waals surface area (Å²) in [4.78, 5) is 1.46. The first-order valence-electron chi connectivity index (χ1n) is 7.26. The van der Waals surface area contributed by atoms with Gasteiger partial charge in [0.05, 0.1) is 0 Å².